The van der Waals surface area contributed by atoms with Crippen LogP contribution in [0.5, 0.6) is 11.5 Å². The maximum atomic E-state index is 13.0. The second kappa shape index (κ2) is 11.3. The van der Waals surface area contributed by atoms with Gasteiger partial charge in [0.15, 0.2) is 0 Å². The Morgan fingerprint density at radius 3 is 2.47 bits per heavy atom. The molecule has 0 fully saturated rings. The molecule has 6 nitrogen and oxygen atoms in total. The topological polar surface area (TPSA) is 65.4 Å². The van der Waals surface area contributed by atoms with Gasteiger partial charge in [-0.3, -0.25) is 4.79 Å². The van der Waals surface area contributed by atoms with Crippen LogP contribution in [0.2, 0.25) is 0 Å². The molecule has 0 aliphatic heterocycles. The maximum Gasteiger partial charge on any atom is 0.251 e. The molecule has 4 rings (SSSR count). The van der Waals surface area contributed by atoms with Gasteiger partial charge < -0.3 is 19.4 Å². The first-order valence-electron chi connectivity index (χ1n) is 11.4. The van der Waals surface area contributed by atoms with Crippen LogP contribution in [0.15, 0.2) is 72.8 Å². The number of nitrogens with one attached hydrogen (secondary N) is 1. The van der Waals surface area contributed by atoms with Crippen molar-refractivity contribution in [2.45, 2.75) is 25.8 Å². The largest absolute Gasteiger partial charge is 0.497 e. The molecule has 1 amide bonds. The normalized spacial score (nSPS) is 10.9. The second-order valence-corrected chi connectivity index (χ2v) is 7.91. The average Bonchev–Trinajstić information content (AvgIpc) is 3.22. The van der Waals surface area contributed by atoms with E-state index in [1.807, 2.05) is 42.5 Å². The highest BCUT2D eigenvalue weighted by Gasteiger charge is 2.11. The Morgan fingerprint density at radius 1 is 0.971 bits per heavy atom. The first-order chi connectivity index (χ1) is 16.6. The molecule has 0 bridgehead atoms. The van der Waals surface area contributed by atoms with Crippen molar-refractivity contribution in [1.29, 1.82) is 0 Å². The van der Waals surface area contributed by atoms with Gasteiger partial charge in [0, 0.05) is 25.1 Å². The van der Waals surface area contributed by atoms with Crippen LogP contribution < -0.4 is 14.8 Å². The Hall–Kier alpha value is -3.87. The Balaban J connectivity index is 1.31. The van der Waals surface area contributed by atoms with Gasteiger partial charge in [-0.15, -0.1) is 0 Å². The Bertz CT molecular complexity index is 1220. The zero-order valence-electron chi connectivity index (χ0n) is 19.2. The third-order valence-electron chi connectivity index (χ3n) is 5.56. The molecular weight excluding hydrogens is 433 g/mol. The first-order valence-corrected chi connectivity index (χ1v) is 11.4. The van der Waals surface area contributed by atoms with Crippen molar-refractivity contribution in [3.05, 3.63) is 90.0 Å². The summed E-state index contributed by atoms with van der Waals surface area (Å²) in [5.74, 6) is 2.04. The summed E-state index contributed by atoms with van der Waals surface area (Å²) >= 11 is 0. The smallest absolute Gasteiger partial charge is 0.251 e. The minimum absolute atomic E-state index is 0.204. The first kappa shape index (κ1) is 23.3. The monoisotopic (exact) mass is 461 g/mol. The maximum absolute atomic E-state index is 13.0. The summed E-state index contributed by atoms with van der Waals surface area (Å²) in [5.41, 5.74) is 2.51. The number of methoxy groups -OCH3 is 1. The Labute approximate surface area is 198 Å². The predicted octanol–water partition coefficient (Wildman–Crippen LogP) is 5.02. The number of rotatable bonds is 11. The van der Waals surface area contributed by atoms with Gasteiger partial charge in [-0.2, -0.15) is 0 Å². The van der Waals surface area contributed by atoms with Crippen molar-refractivity contribution < 1.29 is 18.7 Å². The molecule has 0 saturated heterocycles. The van der Waals surface area contributed by atoms with Gasteiger partial charge >= 0.3 is 0 Å². The van der Waals surface area contributed by atoms with Crippen LogP contribution in [-0.4, -0.2) is 35.7 Å². The van der Waals surface area contributed by atoms with E-state index in [9.17, 15) is 9.18 Å². The summed E-state index contributed by atoms with van der Waals surface area (Å²) in [6.45, 7) is 1.89. The number of fused-ring (bicyclic) bond motifs is 1. The highest BCUT2D eigenvalue weighted by Crippen LogP contribution is 2.19. The number of amides is 1. The van der Waals surface area contributed by atoms with Gasteiger partial charge in [0.2, 0.25) is 0 Å². The molecule has 7 heteroatoms. The molecule has 0 atom stereocenters. The van der Waals surface area contributed by atoms with Crippen molar-refractivity contribution in [3.63, 3.8) is 0 Å². The van der Waals surface area contributed by atoms with E-state index in [-0.39, 0.29) is 11.7 Å². The van der Waals surface area contributed by atoms with Gasteiger partial charge in [0.25, 0.3) is 5.91 Å². The van der Waals surface area contributed by atoms with E-state index in [1.54, 1.807) is 7.11 Å². The molecule has 0 saturated carbocycles. The van der Waals surface area contributed by atoms with Crippen LogP contribution in [0.1, 0.15) is 29.0 Å². The molecule has 4 aromatic rings. The summed E-state index contributed by atoms with van der Waals surface area (Å²) in [4.78, 5) is 17.0. The van der Waals surface area contributed by atoms with Crippen LogP contribution in [0, 0.1) is 5.82 Å². The number of aryl methyl sites for hydroxylation is 2. The Morgan fingerprint density at radius 2 is 1.71 bits per heavy atom. The van der Waals surface area contributed by atoms with Gasteiger partial charge in [-0.05, 0) is 73.5 Å². The summed E-state index contributed by atoms with van der Waals surface area (Å²) in [7, 11) is 1.64. The molecule has 34 heavy (non-hydrogen) atoms. The Kier molecular flexibility index (Phi) is 7.75. The lowest BCUT2D eigenvalue weighted by atomic mass is 10.2. The van der Waals surface area contributed by atoms with Crippen molar-refractivity contribution in [2.24, 2.45) is 0 Å². The van der Waals surface area contributed by atoms with Crippen LogP contribution in [0.25, 0.3) is 11.0 Å². The molecule has 0 radical (unpaired) electrons. The highest BCUT2D eigenvalue weighted by atomic mass is 19.1. The number of halogens is 1. The number of para-hydroxylation sites is 2. The van der Waals surface area contributed by atoms with Gasteiger partial charge in [0.05, 0.1) is 24.8 Å². The number of aromatic nitrogens is 2. The fourth-order valence-electron chi connectivity index (χ4n) is 3.80. The number of hydrogen-bond donors (Lipinski definition) is 1. The average molecular weight is 462 g/mol. The van der Waals surface area contributed by atoms with Crippen LogP contribution in [-0.2, 0) is 13.0 Å². The molecule has 0 aliphatic carbocycles. The SMILES string of the molecule is COc1ccc(OCCCn2c(CCCNC(=O)c3ccc(F)cc3)nc3ccccc32)cc1. The van der Waals surface area contributed by atoms with Gasteiger partial charge in [-0.25, -0.2) is 9.37 Å². The lowest BCUT2D eigenvalue weighted by Gasteiger charge is -2.11. The molecule has 0 aliphatic rings. The third-order valence-corrected chi connectivity index (χ3v) is 5.56. The zero-order chi connectivity index (χ0) is 23.8. The van der Waals surface area contributed by atoms with Crippen LogP contribution >= 0.6 is 0 Å². The van der Waals surface area contributed by atoms with E-state index in [0.717, 1.165) is 54.2 Å². The molecule has 3 aromatic carbocycles. The number of imidazole rings is 1. The van der Waals surface area contributed by atoms with Crippen LogP contribution in [0.3, 0.4) is 0 Å². The van der Waals surface area contributed by atoms with Crippen molar-refractivity contribution >= 4 is 16.9 Å². The fraction of sp³-hybridized carbons (Fsp3) is 0.259. The minimum atomic E-state index is -0.357. The van der Waals surface area contributed by atoms with E-state index in [1.165, 1.54) is 24.3 Å². The second-order valence-electron chi connectivity index (χ2n) is 7.91. The van der Waals surface area contributed by atoms with Crippen LogP contribution in [0.4, 0.5) is 4.39 Å². The molecule has 176 valence electrons. The van der Waals surface area contributed by atoms with E-state index >= 15 is 0 Å². The van der Waals surface area contributed by atoms with Crippen molar-refractivity contribution in [3.8, 4) is 11.5 Å². The molecule has 0 spiro atoms. The minimum Gasteiger partial charge on any atom is -0.497 e. The molecule has 0 unspecified atom stereocenters. The standard InChI is InChI=1S/C27H28FN3O3/c1-33-22-13-15-23(16-14-22)34-19-5-18-31-25-7-3-2-6-24(25)30-26(31)8-4-17-29-27(32)20-9-11-21(28)12-10-20/h2-3,6-7,9-16H,4-5,8,17-19H2,1H3,(H,29,32). The fourth-order valence-corrected chi connectivity index (χ4v) is 3.80. The summed E-state index contributed by atoms with van der Waals surface area (Å²) in [5, 5.41) is 2.89. The summed E-state index contributed by atoms with van der Waals surface area (Å²) < 4.78 is 26.3. The van der Waals surface area contributed by atoms with Crippen molar-refractivity contribution in [1.82, 2.24) is 14.9 Å². The predicted molar refractivity (Wildman–Crippen MR) is 130 cm³/mol. The number of nitrogens with zero attached hydrogens (tertiary/aromatic N) is 2. The lowest BCUT2D eigenvalue weighted by molar-refractivity contribution is 0.0953. The summed E-state index contributed by atoms with van der Waals surface area (Å²) in [6.07, 6.45) is 2.32. The third kappa shape index (κ3) is 5.92. The van der Waals surface area contributed by atoms with E-state index < -0.39 is 0 Å². The number of benzene rings is 3. The lowest BCUT2D eigenvalue weighted by Crippen LogP contribution is -2.25. The number of carbonyl (C=O) groups excluding carboxylic acids is 1. The van der Waals surface area contributed by atoms with Gasteiger partial charge in [0.1, 0.15) is 23.1 Å². The quantitative estimate of drug-likeness (QED) is 0.319. The highest BCUT2D eigenvalue weighted by molar-refractivity contribution is 5.94. The number of ether oxygens (including phenoxy) is 2. The molecule has 1 heterocycles. The molecule has 1 aromatic heterocycles. The van der Waals surface area contributed by atoms with E-state index in [0.29, 0.717) is 18.7 Å². The zero-order valence-corrected chi connectivity index (χ0v) is 19.2. The van der Waals surface area contributed by atoms with E-state index in [2.05, 4.69) is 16.0 Å². The van der Waals surface area contributed by atoms with Crippen molar-refractivity contribution in [2.75, 3.05) is 20.3 Å². The molecular formula is C27H28FN3O3. The van der Waals surface area contributed by atoms with Gasteiger partial charge in [-0.1, -0.05) is 12.1 Å². The molecule has 1 N–H and O–H groups in total. The number of carbonyl (C=O) groups is 1. The summed E-state index contributed by atoms with van der Waals surface area (Å²) in [6, 6.07) is 21.2. The number of hydrogen-bond acceptors (Lipinski definition) is 4. The van der Waals surface area contributed by atoms with E-state index in [4.69, 9.17) is 14.5 Å².